The summed E-state index contributed by atoms with van der Waals surface area (Å²) in [7, 11) is 0. The van der Waals surface area contributed by atoms with Gasteiger partial charge in [-0.05, 0) is 27.7 Å². The number of carbonyl (C=O) groups is 4. The minimum absolute atomic E-state index is 0.0120. The van der Waals surface area contributed by atoms with Crippen LogP contribution in [-0.2, 0) is 42.7 Å². The second-order valence-corrected chi connectivity index (χ2v) is 8.18. The van der Waals surface area contributed by atoms with Gasteiger partial charge in [0.15, 0.2) is 23.9 Å². The molecule has 5 atom stereocenters. The molecule has 0 saturated carbocycles. The largest absolute Gasteiger partial charge is 0.462 e. The van der Waals surface area contributed by atoms with E-state index in [0.29, 0.717) is 0 Å². The van der Waals surface area contributed by atoms with Gasteiger partial charge in [0.2, 0.25) is 5.69 Å². The van der Waals surface area contributed by atoms with Crippen LogP contribution in [0.3, 0.4) is 0 Å². The van der Waals surface area contributed by atoms with Crippen molar-refractivity contribution < 1.29 is 52.3 Å². The average Bonchev–Trinajstić information content (AvgIpc) is 3.40. The van der Waals surface area contributed by atoms with Crippen molar-refractivity contribution in [3.8, 4) is 0 Å². The minimum Gasteiger partial charge on any atom is -0.462 e. The van der Waals surface area contributed by atoms with Crippen LogP contribution in [0.2, 0.25) is 0 Å². The number of fused-ring (bicyclic) bond motifs is 1. The molecule has 35 heavy (non-hydrogen) atoms. The fourth-order valence-corrected chi connectivity index (χ4v) is 3.94. The number of rotatable bonds is 9. The highest BCUT2D eigenvalue weighted by Gasteiger charge is 2.59. The third-order valence-electron chi connectivity index (χ3n) is 5.10. The number of hydrogen-bond donors (Lipinski definition) is 0. The zero-order valence-corrected chi connectivity index (χ0v) is 20.3. The first-order chi connectivity index (χ1) is 16.5. The molecule has 0 spiro atoms. The van der Waals surface area contributed by atoms with Gasteiger partial charge in [0.25, 0.3) is 0 Å². The second kappa shape index (κ2) is 10.7. The first kappa shape index (κ1) is 26.5. The van der Waals surface area contributed by atoms with Crippen molar-refractivity contribution in [3.63, 3.8) is 0 Å². The van der Waals surface area contributed by atoms with Crippen LogP contribution in [0.15, 0.2) is 0 Å². The first-order valence-corrected chi connectivity index (χ1v) is 11.1. The molecule has 3 heterocycles. The fraction of sp³-hybridized carbons (Fsp3) is 0.714. The van der Waals surface area contributed by atoms with Gasteiger partial charge in [0.1, 0.15) is 24.9 Å². The monoisotopic (exact) mass is 499 g/mol. The van der Waals surface area contributed by atoms with Gasteiger partial charge in [-0.15, -0.1) is 5.10 Å². The zero-order valence-electron chi connectivity index (χ0n) is 20.3. The number of hydrogen-bond acceptors (Lipinski definition) is 13. The smallest absolute Gasteiger partial charge is 0.361 e. The van der Waals surface area contributed by atoms with E-state index in [-0.39, 0.29) is 31.2 Å². The molecule has 14 nitrogen and oxygen atoms in total. The first-order valence-electron chi connectivity index (χ1n) is 11.1. The summed E-state index contributed by atoms with van der Waals surface area (Å²) in [6.07, 6.45) is -4.03. The molecular weight excluding hydrogens is 470 g/mol. The Kier molecular flexibility index (Phi) is 8.07. The molecule has 0 aromatic carbocycles. The van der Waals surface area contributed by atoms with Crippen LogP contribution in [0.25, 0.3) is 0 Å². The molecule has 1 aromatic heterocycles. The van der Waals surface area contributed by atoms with Crippen LogP contribution in [-0.4, -0.2) is 89.1 Å². The Morgan fingerprint density at radius 1 is 1.00 bits per heavy atom. The third kappa shape index (κ3) is 5.77. The van der Waals surface area contributed by atoms with Crippen molar-refractivity contribution in [1.82, 2.24) is 15.0 Å². The van der Waals surface area contributed by atoms with Gasteiger partial charge in [0, 0.05) is 13.8 Å². The van der Waals surface area contributed by atoms with E-state index in [4.69, 9.17) is 33.2 Å². The molecule has 2 saturated heterocycles. The summed E-state index contributed by atoms with van der Waals surface area (Å²) in [5.74, 6) is -4.10. The predicted molar refractivity (Wildman–Crippen MR) is 112 cm³/mol. The Hall–Kier alpha value is -3.10. The van der Waals surface area contributed by atoms with E-state index in [9.17, 15) is 19.2 Å². The average molecular weight is 499 g/mol. The summed E-state index contributed by atoms with van der Waals surface area (Å²) in [4.78, 5) is 48.7. The van der Waals surface area contributed by atoms with Crippen molar-refractivity contribution in [2.45, 2.75) is 78.0 Å². The van der Waals surface area contributed by atoms with E-state index in [1.54, 1.807) is 27.7 Å². The summed E-state index contributed by atoms with van der Waals surface area (Å²) in [5, 5.41) is 7.88. The van der Waals surface area contributed by atoms with Crippen LogP contribution in [0, 0.1) is 0 Å². The van der Waals surface area contributed by atoms with Crippen molar-refractivity contribution in [2.24, 2.45) is 0 Å². The SMILES string of the molecule is CCOC(=O)c1nnn([C@@H]2[C@H]3OC(C)(C)O[C@H]3O[C@@H]2[C@@H](COC(C)=O)OC(C)=O)c1C(=O)OCC. The molecule has 0 radical (unpaired) electrons. The van der Waals surface area contributed by atoms with E-state index in [1.807, 2.05) is 0 Å². The molecule has 194 valence electrons. The molecule has 0 aliphatic carbocycles. The van der Waals surface area contributed by atoms with Gasteiger partial charge in [-0.25, -0.2) is 14.3 Å². The lowest BCUT2D eigenvalue weighted by Crippen LogP contribution is -2.44. The van der Waals surface area contributed by atoms with Gasteiger partial charge in [-0.2, -0.15) is 0 Å². The molecule has 2 aliphatic rings. The molecule has 3 rings (SSSR count). The molecule has 0 amide bonds. The van der Waals surface area contributed by atoms with Crippen molar-refractivity contribution in [1.29, 1.82) is 0 Å². The van der Waals surface area contributed by atoms with Crippen LogP contribution >= 0.6 is 0 Å². The maximum absolute atomic E-state index is 12.9. The van der Waals surface area contributed by atoms with E-state index in [0.717, 1.165) is 4.68 Å². The van der Waals surface area contributed by atoms with Crippen LogP contribution in [0.4, 0.5) is 0 Å². The van der Waals surface area contributed by atoms with Gasteiger partial charge < -0.3 is 33.2 Å². The summed E-state index contributed by atoms with van der Waals surface area (Å²) in [5.41, 5.74) is -0.665. The topological polar surface area (TPSA) is 164 Å². The third-order valence-corrected chi connectivity index (χ3v) is 5.10. The quantitative estimate of drug-likeness (QED) is 0.342. The molecule has 1 aromatic rings. The number of esters is 4. The fourth-order valence-electron chi connectivity index (χ4n) is 3.94. The highest BCUT2D eigenvalue weighted by molar-refractivity contribution is 6.00. The minimum atomic E-state index is -1.13. The molecule has 2 aliphatic heterocycles. The summed E-state index contributed by atoms with van der Waals surface area (Å²) in [6, 6.07) is -1.00. The summed E-state index contributed by atoms with van der Waals surface area (Å²) in [6.45, 7) is 8.61. The highest BCUT2D eigenvalue weighted by atomic mass is 16.8. The molecule has 0 bridgehead atoms. The van der Waals surface area contributed by atoms with E-state index in [2.05, 4.69) is 10.3 Å². The van der Waals surface area contributed by atoms with E-state index < -0.39 is 60.3 Å². The lowest BCUT2D eigenvalue weighted by atomic mass is 10.0. The Morgan fingerprint density at radius 2 is 1.66 bits per heavy atom. The van der Waals surface area contributed by atoms with Gasteiger partial charge in [-0.1, -0.05) is 5.21 Å². The number of aromatic nitrogens is 3. The molecule has 0 unspecified atom stereocenters. The number of nitrogens with zero attached hydrogens (tertiary/aromatic N) is 3. The lowest BCUT2D eigenvalue weighted by molar-refractivity contribution is -0.225. The molecule has 2 fully saturated rings. The number of carbonyl (C=O) groups excluding carboxylic acids is 4. The highest BCUT2D eigenvalue weighted by Crippen LogP contribution is 2.45. The molecular formula is C21H29N3O11. The Balaban J connectivity index is 2.10. The molecule has 14 heteroatoms. The van der Waals surface area contributed by atoms with Crippen molar-refractivity contribution >= 4 is 23.9 Å². The molecule has 0 N–H and O–H groups in total. The Morgan fingerprint density at radius 3 is 2.26 bits per heavy atom. The zero-order chi connectivity index (χ0) is 25.9. The maximum atomic E-state index is 12.9. The normalized spacial score (nSPS) is 25.4. The standard InChI is InChI=1S/C21H29N3O11/c1-7-29-18(27)13-14(19(28)30-8-2)24(23-22-13)15-16(12(32-11(4)26)9-31-10(3)25)33-20-17(15)34-21(5,6)35-20/h12,15-17,20H,7-9H2,1-6H3/t12-,15+,16-,17-,20-/m1/s1. The van der Waals surface area contributed by atoms with Gasteiger partial charge in [0.05, 0.1) is 13.2 Å². The van der Waals surface area contributed by atoms with Crippen molar-refractivity contribution in [2.75, 3.05) is 19.8 Å². The van der Waals surface area contributed by atoms with Gasteiger partial charge in [-0.3, -0.25) is 9.59 Å². The lowest BCUT2D eigenvalue weighted by Gasteiger charge is -2.30. The second-order valence-electron chi connectivity index (χ2n) is 8.18. The van der Waals surface area contributed by atoms with Crippen molar-refractivity contribution in [3.05, 3.63) is 11.4 Å². The Bertz CT molecular complexity index is 976. The van der Waals surface area contributed by atoms with Crippen LogP contribution in [0.1, 0.15) is 68.6 Å². The summed E-state index contributed by atoms with van der Waals surface area (Å²) >= 11 is 0. The maximum Gasteiger partial charge on any atom is 0.361 e. The van der Waals surface area contributed by atoms with E-state index in [1.165, 1.54) is 13.8 Å². The van der Waals surface area contributed by atoms with Gasteiger partial charge >= 0.3 is 23.9 Å². The van der Waals surface area contributed by atoms with Crippen LogP contribution in [0.5, 0.6) is 0 Å². The Labute approximate surface area is 201 Å². The number of ether oxygens (including phenoxy) is 7. The van der Waals surface area contributed by atoms with E-state index >= 15 is 0 Å². The van der Waals surface area contributed by atoms with Crippen LogP contribution < -0.4 is 0 Å². The predicted octanol–water partition coefficient (Wildman–Crippen LogP) is 0.544. The summed E-state index contributed by atoms with van der Waals surface area (Å²) < 4.78 is 39.5.